The largest absolute Gasteiger partial charge is 0.497 e. The van der Waals surface area contributed by atoms with Crippen LogP contribution >= 0.6 is 0 Å². The molecule has 0 bridgehead atoms. The van der Waals surface area contributed by atoms with Crippen LogP contribution in [-0.2, 0) is 6.61 Å². The summed E-state index contributed by atoms with van der Waals surface area (Å²) in [5.74, 6) is 1.44. The molecule has 0 radical (unpaired) electrons. The van der Waals surface area contributed by atoms with Crippen molar-refractivity contribution in [3.8, 4) is 11.5 Å². The molecule has 0 saturated carbocycles. The van der Waals surface area contributed by atoms with Gasteiger partial charge in [-0.1, -0.05) is 12.1 Å². The van der Waals surface area contributed by atoms with Crippen molar-refractivity contribution < 1.29 is 14.4 Å². The molecule has 5 heteroatoms. The molecule has 5 nitrogen and oxygen atoms in total. The minimum Gasteiger partial charge on any atom is -0.497 e. The van der Waals surface area contributed by atoms with Gasteiger partial charge >= 0.3 is 0 Å². The first-order chi connectivity index (χ1) is 9.60. The second-order valence-electron chi connectivity index (χ2n) is 4.34. The summed E-state index contributed by atoms with van der Waals surface area (Å²) in [5, 5.41) is 10.7. The van der Waals surface area contributed by atoms with Gasteiger partial charge in [0, 0.05) is 12.1 Å². The number of hydrogen-bond donors (Lipinski definition) is 0. The van der Waals surface area contributed by atoms with E-state index in [2.05, 4.69) is 0 Å². The van der Waals surface area contributed by atoms with Crippen LogP contribution in [-0.4, -0.2) is 12.0 Å². The summed E-state index contributed by atoms with van der Waals surface area (Å²) in [6.45, 7) is 2.19. The minimum absolute atomic E-state index is 0.0688. The number of benzene rings is 2. The number of rotatable bonds is 5. The maximum Gasteiger partial charge on any atom is 0.269 e. The number of methoxy groups -OCH3 is 1. The third kappa shape index (κ3) is 3.26. The molecule has 20 heavy (non-hydrogen) atoms. The van der Waals surface area contributed by atoms with Crippen molar-refractivity contribution in [2.75, 3.05) is 7.11 Å². The van der Waals surface area contributed by atoms with Crippen molar-refractivity contribution in [1.82, 2.24) is 0 Å². The summed E-state index contributed by atoms with van der Waals surface area (Å²) in [7, 11) is 1.62. The molecule has 0 amide bonds. The summed E-state index contributed by atoms with van der Waals surface area (Å²) < 4.78 is 10.7. The van der Waals surface area contributed by atoms with Gasteiger partial charge in [-0.15, -0.1) is 0 Å². The number of aryl methyl sites for hydroxylation is 1. The van der Waals surface area contributed by atoms with Crippen molar-refractivity contribution >= 4 is 5.69 Å². The lowest BCUT2D eigenvalue weighted by Crippen LogP contribution is -1.98. The average Bonchev–Trinajstić information content (AvgIpc) is 2.46. The summed E-state index contributed by atoms with van der Waals surface area (Å²) in [4.78, 5) is 10.2. The van der Waals surface area contributed by atoms with Gasteiger partial charge in [-0.05, 0) is 36.2 Å². The molecule has 0 fully saturated rings. The predicted octanol–water partition coefficient (Wildman–Crippen LogP) is 3.49. The van der Waals surface area contributed by atoms with Crippen molar-refractivity contribution in [2.24, 2.45) is 0 Å². The maximum atomic E-state index is 10.7. The summed E-state index contributed by atoms with van der Waals surface area (Å²) in [6.07, 6.45) is 0. The van der Waals surface area contributed by atoms with Gasteiger partial charge in [0.05, 0.1) is 12.0 Å². The van der Waals surface area contributed by atoms with Crippen molar-refractivity contribution in [2.45, 2.75) is 13.5 Å². The molecule has 0 aliphatic heterocycles. The molecule has 2 aromatic carbocycles. The van der Waals surface area contributed by atoms with E-state index in [4.69, 9.17) is 9.47 Å². The molecule has 0 spiro atoms. The van der Waals surface area contributed by atoms with Gasteiger partial charge in [0.2, 0.25) is 0 Å². The standard InChI is InChI=1S/C15H15NO4/c1-11-9-13(16(17)18)5-8-15(11)20-10-12-3-6-14(19-2)7-4-12/h3-9H,10H2,1-2H3. The van der Waals surface area contributed by atoms with Crippen LogP contribution in [0.25, 0.3) is 0 Å². The average molecular weight is 273 g/mol. The zero-order valence-electron chi connectivity index (χ0n) is 11.3. The number of nitrogens with zero attached hydrogens (tertiary/aromatic N) is 1. The van der Waals surface area contributed by atoms with Gasteiger partial charge in [0.15, 0.2) is 0 Å². The minimum atomic E-state index is -0.416. The van der Waals surface area contributed by atoms with E-state index in [1.54, 1.807) is 20.1 Å². The zero-order valence-corrected chi connectivity index (χ0v) is 11.3. The zero-order chi connectivity index (χ0) is 14.5. The van der Waals surface area contributed by atoms with E-state index in [1.807, 2.05) is 24.3 Å². The number of nitro benzene ring substituents is 1. The van der Waals surface area contributed by atoms with Crippen LogP contribution in [0, 0.1) is 17.0 Å². The van der Waals surface area contributed by atoms with Crippen LogP contribution in [0.5, 0.6) is 11.5 Å². The Morgan fingerprint density at radius 2 is 1.85 bits per heavy atom. The van der Waals surface area contributed by atoms with E-state index in [-0.39, 0.29) is 5.69 Å². The lowest BCUT2D eigenvalue weighted by molar-refractivity contribution is -0.384. The molecule has 2 aromatic rings. The maximum absolute atomic E-state index is 10.7. The Bertz CT molecular complexity index is 608. The van der Waals surface area contributed by atoms with Gasteiger partial charge < -0.3 is 9.47 Å². The van der Waals surface area contributed by atoms with Crippen molar-refractivity contribution in [1.29, 1.82) is 0 Å². The van der Waals surface area contributed by atoms with Crippen molar-refractivity contribution in [3.05, 3.63) is 63.7 Å². The van der Waals surface area contributed by atoms with E-state index < -0.39 is 4.92 Å². The number of hydrogen-bond acceptors (Lipinski definition) is 4. The number of ether oxygens (including phenoxy) is 2. The first-order valence-corrected chi connectivity index (χ1v) is 6.11. The molecular formula is C15H15NO4. The molecular weight excluding hydrogens is 258 g/mol. The Balaban J connectivity index is 2.04. The van der Waals surface area contributed by atoms with Gasteiger partial charge in [-0.2, -0.15) is 0 Å². The second kappa shape index (κ2) is 6.06. The smallest absolute Gasteiger partial charge is 0.269 e. The van der Waals surface area contributed by atoms with E-state index >= 15 is 0 Å². The van der Waals surface area contributed by atoms with E-state index in [0.29, 0.717) is 12.4 Å². The Labute approximate surface area is 116 Å². The molecule has 0 unspecified atom stereocenters. The van der Waals surface area contributed by atoms with Crippen LogP contribution in [0.1, 0.15) is 11.1 Å². The van der Waals surface area contributed by atoms with Gasteiger partial charge in [-0.3, -0.25) is 10.1 Å². The summed E-state index contributed by atoms with van der Waals surface area (Å²) in [5.41, 5.74) is 1.82. The van der Waals surface area contributed by atoms with Crippen LogP contribution in [0.15, 0.2) is 42.5 Å². The lowest BCUT2D eigenvalue weighted by atomic mass is 10.2. The lowest BCUT2D eigenvalue weighted by Gasteiger charge is -2.09. The molecule has 0 N–H and O–H groups in total. The predicted molar refractivity (Wildman–Crippen MR) is 75.2 cm³/mol. The normalized spacial score (nSPS) is 10.1. The van der Waals surface area contributed by atoms with Crippen LogP contribution < -0.4 is 9.47 Å². The van der Waals surface area contributed by atoms with Crippen LogP contribution in [0.2, 0.25) is 0 Å². The fraction of sp³-hybridized carbons (Fsp3) is 0.200. The molecule has 0 heterocycles. The first kappa shape index (κ1) is 13.9. The molecule has 0 aromatic heterocycles. The first-order valence-electron chi connectivity index (χ1n) is 6.11. The summed E-state index contributed by atoms with van der Waals surface area (Å²) in [6, 6.07) is 12.1. The third-order valence-corrected chi connectivity index (χ3v) is 2.92. The second-order valence-corrected chi connectivity index (χ2v) is 4.34. The highest BCUT2D eigenvalue weighted by Gasteiger charge is 2.08. The third-order valence-electron chi connectivity index (χ3n) is 2.92. The van der Waals surface area contributed by atoms with Crippen LogP contribution in [0.3, 0.4) is 0 Å². The van der Waals surface area contributed by atoms with Gasteiger partial charge in [-0.25, -0.2) is 0 Å². The van der Waals surface area contributed by atoms with E-state index in [0.717, 1.165) is 16.9 Å². The Morgan fingerprint density at radius 1 is 1.15 bits per heavy atom. The highest BCUT2D eigenvalue weighted by atomic mass is 16.6. The molecule has 0 aliphatic carbocycles. The SMILES string of the molecule is COc1ccc(COc2ccc([N+](=O)[O-])cc2C)cc1. The highest BCUT2D eigenvalue weighted by molar-refractivity contribution is 5.43. The topological polar surface area (TPSA) is 61.6 Å². The molecule has 0 saturated heterocycles. The summed E-state index contributed by atoms with van der Waals surface area (Å²) >= 11 is 0. The van der Waals surface area contributed by atoms with Crippen LogP contribution in [0.4, 0.5) is 5.69 Å². The Morgan fingerprint density at radius 3 is 2.40 bits per heavy atom. The molecule has 2 rings (SSSR count). The molecule has 0 aliphatic rings. The van der Waals surface area contributed by atoms with Gasteiger partial charge in [0.25, 0.3) is 5.69 Å². The Hall–Kier alpha value is -2.56. The molecule has 104 valence electrons. The van der Waals surface area contributed by atoms with Crippen molar-refractivity contribution in [3.63, 3.8) is 0 Å². The monoisotopic (exact) mass is 273 g/mol. The number of nitro groups is 1. The fourth-order valence-corrected chi connectivity index (χ4v) is 1.79. The quantitative estimate of drug-likeness (QED) is 0.618. The number of non-ortho nitro benzene ring substituents is 1. The Kier molecular flexibility index (Phi) is 4.20. The van der Waals surface area contributed by atoms with E-state index in [9.17, 15) is 10.1 Å². The highest BCUT2D eigenvalue weighted by Crippen LogP contribution is 2.24. The molecule has 0 atom stereocenters. The van der Waals surface area contributed by atoms with Gasteiger partial charge in [0.1, 0.15) is 18.1 Å². The fourth-order valence-electron chi connectivity index (χ4n) is 1.79. The van der Waals surface area contributed by atoms with E-state index in [1.165, 1.54) is 12.1 Å².